The molecule has 0 saturated carbocycles. The van der Waals surface area contributed by atoms with Gasteiger partial charge in [0.05, 0.1) is 11.6 Å². The zero-order chi connectivity index (χ0) is 14.5. The first kappa shape index (κ1) is 17.2. The van der Waals surface area contributed by atoms with Crippen LogP contribution in [-0.2, 0) is 14.8 Å². The second-order valence-electron chi connectivity index (χ2n) is 3.64. The van der Waals surface area contributed by atoms with Crippen LogP contribution in [0.3, 0.4) is 0 Å². The van der Waals surface area contributed by atoms with Crippen molar-refractivity contribution in [2.24, 2.45) is 0 Å². The molecule has 0 unspecified atom stereocenters. The molecule has 4 nitrogen and oxygen atoms in total. The first-order valence-electron chi connectivity index (χ1n) is 5.44. The second-order valence-corrected chi connectivity index (χ2v) is 7.15. The molecule has 19 heavy (non-hydrogen) atoms. The first-order valence-corrected chi connectivity index (χ1v) is 8.58. The number of hydrogen-bond acceptors (Lipinski definition) is 3. The van der Waals surface area contributed by atoms with E-state index in [1.54, 1.807) is 12.1 Å². The lowest BCUT2D eigenvalue weighted by molar-refractivity contribution is 0.180. The minimum atomic E-state index is -3.71. The molecule has 0 radical (unpaired) electrons. The lowest BCUT2D eigenvalue weighted by Gasteiger charge is -2.22. The van der Waals surface area contributed by atoms with Gasteiger partial charge in [0, 0.05) is 30.6 Å². The Morgan fingerprint density at radius 1 is 1.37 bits per heavy atom. The van der Waals surface area contributed by atoms with E-state index in [4.69, 9.17) is 27.9 Å². The van der Waals surface area contributed by atoms with Crippen molar-refractivity contribution in [3.63, 3.8) is 0 Å². The fourth-order valence-electron chi connectivity index (χ4n) is 1.50. The standard InChI is InChI=1S/C11H14BrCl2NO3S/c1-18-8-7-15(6-5-13)19(16,17)11-9(12)3-2-4-10(11)14/h2-4H,5-8H2,1H3. The monoisotopic (exact) mass is 389 g/mol. The number of methoxy groups -OCH3 is 1. The molecule has 0 spiro atoms. The van der Waals surface area contributed by atoms with Crippen molar-refractivity contribution < 1.29 is 13.2 Å². The third kappa shape index (κ3) is 4.31. The van der Waals surface area contributed by atoms with Crippen molar-refractivity contribution in [3.05, 3.63) is 27.7 Å². The van der Waals surface area contributed by atoms with Crippen molar-refractivity contribution in [1.29, 1.82) is 0 Å². The maximum Gasteiger partial charge on any atom is 0.245 e. The van der Waals surface area contributed by atoms with Crippen molar-refractivity contribution in [3.8, 4) is 0 Å². The van der Waals surface area contributed by atoms with Gasteiger partial charge < -0.3 is 4.74 Å². The fourth-order valence-corrected chi connectivity index (χ4v) is 4.90. The molecule has 0 aromatic heterocycles. The Balaban J connectivity index is 3.19. The summed E-state index contributed by atoms with van der Waals surface area (Å²) in [6.07, 6.45) is 0. The van der Waals surface area contributed by atoms with Crippen LogP contribution < -0.4 is 0 Å². The number of ether oxygens (including phenoxy) is 1. The highest BCUT2D eigenvalue weighted by Crippen LogP contribution is 2.31. The molecule has 1 aromatic carbocycles. The van der Waals surface area contributed by atoms with E-state index >= 15 is 0 Å². The van der Waals surface area contributed by atoms with Gasteiger partial charge in [0.25, 0.3) is 0 Å². The SMILES string of the molecule is COCCN(CCCl)S(=O)(=O)c1c(Cl)cccc1Br. The van der Waals surface area contributed by atoms with Crippen LogP contribution in [0.5, 0.6) is 0 Å². The Kier molecular flexibility index (Phi) is 7.07. The minimum absolute atomic E-state index is 0.0536. The average Bonchev–Trinajstić information content (AvgIpc) is 2.33. The number of sulfonamides is 1. The Morgan fingerprint density at radius 3 is 2.58 bits per heavy atom. The lowest BCUT2D eigenvalue weighted by Crippen LogP contribution is -2.35. The highest BCUT2D eigenvalue weighted by atomic mass is 79.9. The number of alkyl halides is 1. The van der Waals surface area contributed by atoms with Crippen molar-refractivity contribution in [1.82, 2.24) is 4.31 Å². The summed E-state index contributed by atoms with van der Waals surface area (Å²) in [6, 6.07) is 4.84. The van der Waals surface area contributed by atoms with E-state index in [0.29, 0.717) is 4.47 Å². The summed E-state index contributed by atoms with van der Waals surface area (Å²) in [5, 5.41) is 0.173. The van der Waals surface area contributed by atoms with Crippen LogP contribution in [0.4, 0.5) is 0 Å². The predicted octanol–water partition coefficient (Wildman–Crippen LogP) is 2.98. The van der Waals surface area contributed by atoms with E-state index in [0.717, 1.165) is 0 Å². The Morgan fingerprint density at radius 2 is 2.05 bits per heavy atom. The summed E-state index contributed by atoms with van der Waals surface area (Å²) < 4.78 is 31.7. The van der Waals surface area contributed by atoms with E-state index in [1.165, 1.54) is 17.5 Å². The van der Waals surface area contributed by atoms with Gasteiger partial charge in [-0.05, 0) is 28.1 Å². The number of nitrogens with zero attached hydrogens (tertiary/aromatic N) is 1. The molecule has 1 rings (SSSR count). The van der Waals surface area contributed by atoms with Crippen LogP contribution in [0.15, 0.2) is 27.6 Å². The van der Waals surface area contributed by atoms with Crippen molar-refractivity contribution in [2.75, 3.05) is 32.7 Å². The van der Waals surface area contributed by atoms with Crippen molar-refractivity contribution >= 4 is 49.2 Å². The molecule has 0 aliphatic rings. The second kappa shape index (κ2) is 7.81. The maximum atomic E-state index is 12.6. The molecule has 0 saturated heterocycles. The summed E-state index contributed by atoms with van der Waals surface area (Å²) in [5.41, 5.74) is 0. The number of benzene rings is 1. The van der Waals surface area contributed by atoms with Gasteiger partial charge in [-0.25, -0.2) is 8.42 Å². The van der Waals surface area contributed by atoms with E-state index in [1.807, 2.05) is 0 Å². The molecule has 0 N–H and O–H groups in total. The van der Waals surface area contributed by atoms with Gasteiger partial charge in [-0.1, -0.05) is 17.7 Å². The van der Waals surface area contributed by atoms with Gasteiger partial charge in [0.15, 0.2) is 0 Å². The lowest BCUT2D eigenvalue weighted by atomic mass is 10.4. The Bertz CT molecular complexity index is 504. The third-order valence-corrected chi connectivity index (χ3v) is 5.92. The molecule has 0 fully saturated rings. The Hall–Kier alpha value is 0.150. The molecule has 0 atom stereocenters. The van der Waals surface area contributed by atoms with Crippen LogP contribution in [-0.4, -0.2) is 45.4 Å². The normalized spacial score (nSPS) is 12.1. The molecule has 0 aliphatic carbocycles. The largest absolute Gasteiger partial charge is 0.383 e. The summed E-state index contributed by atoms with van der Waals surface area (Å²) in [5.74, 6) is 0.199. The van der Waals surface area contributed by atoms with Gasteiger partial charge in [-0.3, -0.25) is 0 Å². The summed E-state index contributed by atoms with van der Waals surface area (Å²) in [4.78, 5) is 0.0536. The topological polar surface area (TPSA) is 46.6 Å². The summed E-state index contributed by atoms with van der Waals surface area (Å²) >= 11 is 14.9. The molecule has 0 amide bonds. The fraction of sp³-hybridized carbons (Fsp3) is 0.455. The maximum absolute atomic E-state index is 12.6. The summed E-state index contributed by atoms with van der Waals surface area (Å²) in [7, 11) is -2.20. The van der Waals surface area contributed by atoms with Gasteiger partial charge >= 0.3 is 0 Å². The van der Waals surface area contributed by atoms with E-state index < -0.39 is 10.0 Å². The van der Waals surface area contributed by atoms with Crippen molar-refractivity contribution in [2.45, 2.75) is 4.90 Å². The highest BCUT2D eigenvalue weighted by molar-refractivity contribution is 9.10. The molecule has 0 bridgehead atoms. The van der Waals surface area contributed by atoms with Crippen LogP contribution in [0.25, 0.3) is 0 Å². The molecular weight excluding hydrogens is 377 g/mol. The van der Waals surface area contributed by atoms with E-state index in [2.05, 4.69) is 15.9 Å². The number of rotatable bonds is 7. The Labute approximate surface area is 131 Å². The third-order valence-electron chi connectivity index (χ3n) is 2.40. The molecule has 0 aliphatic heterocycles. The highest BCUT2D eigenvalue weighted by Gasteiger charge is 2.28. The van der Waals surface area contributed by atoms with Crippen LogP contribution in [0.2, 0.25) is 5.02 Å². The average molecular weight is 391 g/mol. The van der Waals surface area contributed by atoms with Gasteiger partial charge in [0.2, 0.25) is 10.0 Å². The molecule has 8 heteroatoms. The quantitative estimate of drug-likeness (QED) is 0.672. The van der Waals surface area contributed by atoms with Crippen LogP contribution >= 0.6 is 39.1 Å². The predicted molar refractivity (Wildman–Crippen MR) is 80.5 cm³/mol. The van der Waals surface area contributed by atoms with E-state index in [9.17, 15) is 8.42 Å². The van der Waals surface area contributed by atoms with Gasteiger partial charge in [-0.2, -0.15) is 4.31 Å². The van der Waals surface area contributed by atoms with E-state index in [-0.39, 0.29) is 35.5 Å². The van der Waals surface area contributed by atoms with Gasteiger partial charge in [-0.15, -0.1) is 11.6 Å². The minimum Gasteiger partial charge on any atom is -0.383 e. The summed E-state index contributed by atoms with van der Waals surface area (Å²) in [6.45, 7) is 0.715. The molecule has 1 aromatic rings. The zero-order valence-corrected chi connectivity index (χ0v) is 14.2. The molecule has 108 valence electrons. The zero-order valence-electron chi connectivity index (χ0n) is 10.3. The smallest absolute Gasteiger partial charge is 0.245 e. The molecule has 0 heterocycles. The van der Waals surface area contributed by atoms with Crippen LogP contribution in [0.1, 0.15) is 0 Å². The number of halogens is 3. The number of hydrogen-bond donors (Lipinski definition) is 0. The van der Waals surface area contributed by atoms with Gasteiger partial charge in [0.1, 0.15) is 4.90 Å². The molecular formula is C11H14BrCl2NO3S. The first-order chi connectivity index (χ1) is 8.95. The van der Waals surface area contributed by atoms with Crippen LogP contribution in [0, 0.1) is 0 Å².